The molecule has 4 rings (SSSR count). The molecule has 196 valence electrons. The predicted octanol–water partition coefficient (Wildman–Crippen LogP) is 4.07. The molecule has 37 heavy (non-hydrogen) atoms. The monoisotopic (exact) mass is 524 g/mol. The second-order valence-corrected chi connectivity index (χ2v) is 8.22. The van der Waals surface area contributed by atoms with E-state index in [1.54, 1.807) is 10.2 Å². The number of carbonyl (C=O) groups excluding carboxylic acids is 2. The van der Waals surface area contributed by atoms with Gasteiger partial charge in [0.2, 0.25) is 11.9 Å². The Morgan fingerprint density at radius 1 is 1.14 bits per heavy atom. The van der Waals surface area contributed by atoms with Crippen LogP contribution in [0.15, 0.2) is 41.6 Å². The van der Waals surface area contributed by atoms with Crippen molar-refractivity contribution in [1.82, 2.24) is 20.2 Å². The minimum atomic E-state index is -5.01. The van der Waals surface area contributed by atoms with E-state index in [2.05, 4.69) is 21.9 Å². The van der Waals surface area contributed by atoms with Crippen LogP contribution in [0.4, 0.5) is 38.4 Å². The zero-order chi connectivity index (χ0) is 26.9. The molecule has 1 saturated heterocycles. The van der Waals surface area contributed by atoms with Gasteiger partial charge in [0.25, 0.3) is 0 Å². The zero-order valence-electron chi connectivity index (χ0n) is 19.4. The number of benzene rings is 1. The number of nitrogens with zero attached hydrogens (tertiary/aromatic N) is 4. The Morgan fingerprint density at radius 3 is 2.38 bits per heavy atom. The maximum atomic E-state index is 14.0. The predicted molar refractivity (Wildman–Crippen MR) is 123 cm³/mol. The average Bonchev–Trinajstić information content (AvgIpc) is 3.18. The van der Waals surface area contributed by atoms with E-state index in [4.69, 9.17) is 4.42 Å². The van der Waals surface area contributed by atoms with Gasteiger partial charge >= 0.3 is 12.2 Å². The largest absolute Gasteiger partial charge is 0.455 e. The molecule has 0 saturated carbocycles. The van der Waals surface area contributed by atoms with Crippen LogP contribution in [0.2, 0.25) is 0 Å². The summed E-state index contributed by atoms with van der Waals surface area (Å²) in [6.07, 6.45) is -1.35. The number of nitrogens with one attached hydrogen (secondary N) is 2. The van der Waals surface area contributed by atoms with E-state index in [1.165, 1.54) is 25.4 Å². The molecule has 1 fully saturated rings. The molecule has 3 aromatic rings. The Balaban J connectivity index is 1.45. The van der Waals surface area contributed by atoms with Gasteiger partial charge in [0.15, 0.2) is 17.4 Å². The summed E-state index contributed by atoms with van der Waals surface area (Å²) in [4.78, 5) is 35.8. The third kappa shape index (κ3) is 5.47. The maximum absolute atomic E-state index is 14.0. The van der Waals surface area contributed by atoms with Crippen molar-refractivity contribution >= 4 is 34.5 Å². The number of aryl methyl sites for hydroxylation is 1. The van der Waals surface area contributed by atoms with Gasteiger partial charge in [0.1, 0.15) is 11.6 Å². The van der Waals surface area contributed by atoms with Crippen molar-refractivity contribution in [3.05, 3.63) is 60.1 Å². The molecule has 3 amide bonds. The fourth-order valence-electron chi connectivity index (χ4n) is 3.94. The highest BCUT2D eigenvalue weighted by Crippen LogP contribution is 2.39. The topological polar surface area (TPSA) is 104 Å². The molecule has 2 aromatic heterocycles. The second kappa shape index (κ2) is 10.0. The normalized spacial score (nSPS) is 15.0. The van der Waals surface area contributed by atoms with Crippen molar-refractivity contribution in [2.24, 2.45) is 0 Å². The van der Waals surface area contributed by atoms with Gasteiger partial charge in [0, 0.05) is 43.2 Å². The molecule has 1 aliphatic rings. The number of carbonyl (C=O) groups is 2. The van der Waals surface area contributed by atoms with Gasteiger partial charge in [-0.05, 0) is 19.1 Å². The summed E-state index contributed by atoms with van der Waals surface area (Å²) in [6.45, 7) is 6.45. The van der Waals surface area contributed by atoms with Crippen LogP contribution in [0.5, 0.6) is 0 Å². The zero-order valence-corrected chi connectivity index (χ0v) is 19.4. The van der Waals surface area contributed by atoms with Crippen LogP contribution in [0.25, 0.3) is 11.0 Å². The summed E-state index contributed by atoms with van der Waals surface area (Å²) in [5, 5.41) is 3.80. The number of fused-ring (bicyclic) bond motifs is 1. The standard InChI is InChI=1S/C23H21F5N6O3/c1-3-17(35)33-4-6-34(7-5-33)21-29-10-14(11-30-21)31-22(36)32-20(23(26,27)28)18-12(2)15-8-13(24)9-16(25)19(15)37-18/h3,8-11,20H,1,4-7H2,2H3,(H2,31,32,36)/t20-/m1/s1. The molecule has 0 radical (unpaired) electrons. The van der Waals surface area contributed by atoms with Gasteiger partial charge in [-0.3, -0.25) is 4.79 Å². The van der Waals surface area contributed by atoms with Crippen molar-refractivity contribution in [3.8, 4) is 0 Å². The van der Waals surface area contributed by atoms with Crippen molar-refractivity contribution < 1.29 is 36.0 Å². The summed E-state index contributed by atoms with van der Waals surface area (Å²) in [7, 11) is 0. The molecular weight excluding hydrogens is 503 g/mol. The van der Waals surface area contributed by atoms with Crippen LogP contribution >= 0.6 is 0 Å². The summed E-state index contributed by atoms with van der Waals surface area (Å²) < 4.78 is 74.1. The number of rotatable bonds is 5. The molecule has 1 aromatic carbocycles. The van der Waals surface area contributed by atoms with E-state index in [0.29, 0.717) is 38.2 Å². The molecule has 0 bridgehead atoms. The summed E-state index contributed by atoms with van der Waals surface area (Å²) in [6, 6.07) is -2.55. The van der Waals surface area contributed by atoms with Gasteiger partial charge in [-0.25, -0.2) is 23.5 Å². The number of furan rings is 1. The number of alkyl halides is 3. The Bertz CT molecular complexity index is 1330. The highest BCUT2D eigenvalue weighted by molar-refractivity contribution is 5.90. The van der Waals surface area contributed by atoms with Crippen molar-refractivity contribution in [2.45, 2.75) is 19.1 Å². The minimum absolute atomic E-state index is 0.0112. The third-order valence-corrected chi connectivity index (χ3v) is 5.80. The van der Waals surface area contributed by atoms with Crippen molar-refractivity contribution in [1.29, 1.82) is 0 Å². The molecule has 14 heteroatoms. The van der Waals surface area contributed by atoms with E-state index in [0.717, 1.165) is 6.07 Å². The third-order valence-electron chi connectivity index (χ3n) is 5.80. The Hall–Kier alpha value is -4.23. The first-order chi connectivity index (χ1) is 17.5. The molecule has 1 aliphatic heterocycles. The van der Waals surface area contributed by atoms with Crippen LogP contribution in [0.3, 0.4) is 0 Å². The molecule has 0 aliphatic carbocycles. The number of amides is 3. The van der Waals surface area contributed by atoms with Gasteiger partial charge in [-0.15, -0.1) is 0 Å². The number of hydrogen-bond acceptors (Lipinski definition) is 6. The van der Waals surface area contributed by atoms with Crippen molar-refractivity contribution in [3.63, 3.8) is 0 Å². The molecule has 2 N–H and O–H groups in total. The van der Waals surface area contributed by atoms with Crippen LogP contribution in [-0.2, 0) is 4.79 Å². The number of hydrogen-bond donors (Lipinski definition) is 2. The first-order valence-corrected chi connectivity index (χ1v) is 11.0. The van der Waals surface area contributed by atoms with E-state index >= 15 is 0 Å². The Labute approximate surface area is 206 Å². The van der Waals surface area contributed by atoms with Crippen LogP contribution in [0, 0.1) is 18.6 Å². The highest BCUT2D eigenvalue weighted by Gasteiger charge is 2.45. The average molecular weight is 524 g/mol. The van der Waals surface area contributed by atoms with E-state index in [-0.39, 0.29) is 22.5 Å². The number of halogens is 5. The maximum Gasteiger partial charge on any atom is 0.416 e. The first kappa shape index (κ1) is 25.9. The molecule has 0 spiro atoms. The van der Waals surface area contributed by atoms with E-state index in [9.17, 15) is 31.5 Å². The smallest absolute Gasteiger partial charge is 0.416 e. The lowest BCUT2D eigenvalue weighted by Gasteiger charge is -2.34. The highest BCUT2D eigenvalue weighted by atomic mass is 19.4. The van der Waals surface area contributed by atoms with E-state index in [1.807, 2.05) is 4.90 Å². The number of aromatic nitrogens is 2. The number of urea groups is 1. The summed E-state index contributed by atoms with van der Waals surface area (Å²) in [5.74, 6) is -2.79. The Morgan fingerprint density at radius 2 is 1.78 bits per heavy atom. The molecule has 3 heterocycles. The summed E-state index contributed by atoms with van der Waals surface area (Å²) >= 11 is 0. The lowest BCUT2D eigenvalue weighted by Crippen LogP contribution is -2.48. The fourth-order valence-corrected chi connectivity index (χ4v) is 3.94. The van der Waals surface area contributed by atoms with Gasteiger partial charge in [-0.1, -0.05) is 6.58 Å². The van der Waals surface area contributed by atoms with Crippen LogP contribution in [0.1, 0.15) is 17.4 Å². The number of piperazine rings is 1. The van der Waals surface area contributed by atoms with Crippen LogP contribution < -0.4 is 15.5 Å². The quantitative estimate of drug-likeness (QED) is 0.385. The SMILES string of the molecule is C=CC(=O)N1CCN(c2ncc(NC(=O)N[C@H](c3oc4c(F)cc(F)cc4c3C)C(F)(F)F)cn2)CC1. The Kier molecular flexibility index (Phi) is 7.01. The van der Waals surface area contributed by atoms with Gasteiger partial charge in [-0.2, -0.15) is 13.2 Å². The van der Waals surface area contributed by atoms with Gasteiger partial charge in [0.05, 0.1) is 18.1 Å². The lowest BCUT2D eigenvalue weighted by molar-refractivity contribution is -0.158. The lowest BCUT2D eigenvalue weighted by atomic mass is 10.1. The minimum Gasteiger partial charge on any atom is -0.455 e. The first-order valence-electron chi connectivity index (χ1n) is 11.0. The molecule has 0 unspecified atom stereocenters. The molecule has 9 nitrogen and oxygen atoms in total. The van der Waals surface area contributed by atoms with Gasteiger partial charge < -0.3 is 24.9 Å². The molecule has 1 atom stereocenters. The van der Waals surface area contributed by atoms with Crippen LogP contribution in [-0.4, -0.2) is 59.2 Å². The number of anilines is 2. The van der Waals surface area contributed by atoms with Crippen molar-refractivity contribution in [2.75, 3.05) is 36.4 Å². The van der Waals surface area contributed by atoms with E-state index < -0.39 is 41.2 Å². The fraction of sp³-hybridized carbons (Fsp3) is 0.304. The molecular formula is C23H21F5N6O3. The second-order valence-electron chi connectivity index (χ2n) is 8.22. The summed E-state index contributed by atoms with van der Waals surface area (Å²) in [5.41, 5.74) is -0.709.